The maximum atomic E-state index is 13.4. The lowest BCUT2D eigenvalue weighted by atomic mass is 9.94. The van der Waals surface area contributed by atoms with E-state index < -0.39 is 0 Å². The van der Waals surface area contributed by atoms with E-state index in [-0.39, 0.29) is 11.9 Å². The first kappa shape index (κ1) is 21.1. The van der Waals surface area contributed by atoms with Crippen molar-refractivity contribution in [2.45, 2.75) is 57.9 Å². The van der Waals surface area contributed by atoms with Crippen molar-refractivity contribution in [2.24, 2.45) is 4.99 Å². The van der Waals surface area contributed by atoms with Gasteiger partial charge < -0.3 is 0 Å². The Kier molecular flexibility index (Phi) is 6.59. The number of nitrogens with zero attached hydrogens (tertiary/aromatic N) is 3. The highest BCUT2D eigenvalue weighted by molar-refractivity contribution is 8.18. The summed E-state index contributed by atoms with van der Waals surface area (Å²) < 4.78 is 0. The summed E-state index contributed by atoms with van der Waals surface area (Å²) in [4.78, 5) is 24.8. The highest BCUT2D eigenvalue weighted by Crippen LogP contribution is 2.39. The number of halogens is 1. The molecule has 156 valence electrons. The van der Waals surface area contributed by atoms with Gasteiger partial charge in [-0.15, -0.1) is 0 Å². The van der Waals surface area contributed by atoms with E-state index in [4.69, 9.17) is 16.6 Å². The summed E-state index contributed by atoms with van der Waals surface area (Å²) in [6.07, 6.45) is 9.18. The summed E-state index contributed by atoms with van der Waals surface area (Å²) in [5.74, 6) is 0.526. The third-order valence-electron chi connectivity index (χ3n) is 5.63. The normalized spacial score (nSPS) is 20.7. The van der Waals surface area contributed by atoms with E-state index in [1.54, 1.807) is 6.20 Å². The van der Waals surface area contributed by atoms with Gasteiger partial charge in [0.05, 0.1) is 4.91 Å². The predicted molar refractivity (Wildman–Crippen MR) is 126 cm³/mol. The third-order valence-corrected chi connectivity index (χ3v) is 6.91. The second-order valence-corrected chi connectivity index (χ2v) is 9.47. The fraction of sp³-hybridized carbons (Fsp3) is 0.375. The van der Waals surface area contributed by atoms with Crippen LogP contribution in [0.1, 0.15) is 63.0 Å². The van der Waals surface area contributed by atoms with E-state index in [1.807, 2.05) is 23.1 Å². The molecule has 1 saturated carbocycles. The van der Waals surface area contributed by atoms with E-state index in [0.717, 1.165) is 31.2 Å². The zero-order valence-electron chi connectivity index (χ0n) is 17.3. The van der Waals surface area contributed by atoms with E-state index in [0.29, 0.717) is 26.8 Å². The Bertz CT molecular complexity index is 978. The number of aliphatic imine (C=N–C) groups is 1. The zero-order valence-corrected chi connectivity index (χ0v) is 18.9. The van der Waals surface area contributed by atoms with Crippen molar-refractivity contribution >= 4 is 46.2 Å². The number of rotatable bonds is 4. The molecule has 2 aromatic rings. The van der Waals surface area contributed by atoms with Crippen LogP contribution in [0.5, 0.6) is 0 Å². The topological polar surface area (TPSA) is 45.6 Å². The van der Waals surface area contributed by atoms with Crippen LogP contribution in [0.3, 0.4) is 0 Å². The Hall–Kier alpha value is -2.11. The first-order valence-electron chi connectivity index (χ1n) is 10.5. The number of aromatic nitrogens is 1. The molecule has 0 unspecified atom stereocenters. The molecule has 2 fully saturated rings. The molecule has 4 nitrogen and oxygen atoms in total. The number of hydrogen-bond acceptors (Lipinski definition) is 4. The molecule has 0 N–H and O–H groups in total. The molecular formula is C24H26ClN3OS. The third kappa shape index (κ3) is 4.62. The number of benzene rings is 1. The number of hydrogen-bond donors (Lipinski definition) is 0. The van der Waals surface area contributed by atoms with Crippen molar-refractivity contribution in [3.63, 3.8) is 0 Å². The molecule has 30 heavy (non-hydrogen) atoms. The molecule has 1 aliphatic heterocycles. The lowest BCUT2D eigenvalue weighted by Gasteiger charge is -2.30. The van der Waals surface area contributed by atoms with Gasteiger partial charge in [0.1, 0.15) is 5.69 Å². The van der Waals surface area contributed by atoms with E-state index >= 15 is 0 Å². The highest BCUT2D eigenvalue weighted by atomic mass is 35.5. The smallest absolute Gasteiger partial charge is 0.267 e. The molecule has 1 aromatic carbocycles. The molecular weight excluding hydrogens is 414 g/mol. The average molecular weight is 440 g/mol. The molecule has 0 radical (unpaired) electrons. The number of carbonyl (C=O) groups excluding carboxylic acids is 1. The molecule has 0 bridgehead atoms. The summed E-state index contributed by atoms with van der Waals surface area (Å²) in [5.41, 5.74) is 2.91. The number of amides is 1. The van der Waals surface area contributed by atoms with Gasteiger partial charge >= 0.3 is 0 Å². The SMILES string of the molecule is CC(C)c1ccc(/C=C2\SC(=Nc3cccnc3Cl)N(C3CCCCC3)C2=O)cc1. The highest BCUT2D eigenvalue weighted by Gasteiger charge is 2.38. The second-order valence-electron chi connectivity index (χ2n) is 8.11. The first-order chi connectivity index (χ1) is 14.5. The standard InChI is InChI=1S/C24H26ClN3OS/c1-16(2)18-12-10-17(11-13-18)15-21-23(29)28(19-7-4-3-5-8-19)24(30-21)27-20-9-6-14-26-22(20)25/h6,9-16,19H,3-5,7-8H2,1-2H3/b21-15-,27-24?. The first-order valence-corrected chi connectivity index (χ1v) is 11.7. The number of thioether (sulfide) groups is 1. The zero-order chi connectivity index (χ0) is 21.1. The predicted octanol–water partition coefficient (Wildman–Crippen LogP) is 6.80. The van der Waals surface area contributed by atoms with Crippen LogP contribution >= 0.6 is 23.4 Å². The number of pyridine rings is 1. The Balaban J connectivity index is 1.68. The van der Waals surface area contributed by atoms with Crippen LogP contribution in [-0.4, -0.2) is 27.0 Å². The Labute approximate surface area is 187 Å². The van der Waals surface area contributed by atoms with Gasteiger partial charge in [0, 0.05) is 12.2 Å². The van der Waals surface area contributed by atoms with Crippen molar-refractivity contribution in [3.8, 4) is 0 Å². The van der Waals surface area contributed by atoms with Gasteiger partial charge in [-0.05, 0) is 59.9 Å². The van der Waals surface area contributed by atoms with Gasteiger partial charge in [-0.3, -0.25) is 9.69 Å². The van der Waals surface area contributed by atoms with Gasteiger partial charge in [-0.25, -0.2) is 9.98 Å². The molecule has 4 rings (SSSR count). The van der Waals surface area contributed by atoms with Crippen LogP contribution in [0, 0.1) is 0 Å². The fourth-order valence-corrected chi connectivity index (χ4v) is 5.13. The summed E-state index contributed by atoms with van der Waals surface area (Å²) in [7, 11) is 0. The number of amidine groups is 1. The van der Waals surface area contributed by atoms with Gasteiger partial charge in [0.15, 0.2) is 10.3 Å². The minimum atomic E-state index is 0.0404. The van der Waals surface area contributed by atoms with Gasteiger partial charge in [-0.1, -0.05) is 69.0 Å². The van der Waals surface area contributed by atoms with Gasteiger partial charge in [0.2, 0.25) is 0 Å². The van der Waals surface area contributed by atoms with Crippen LogP contribution in [0.25, 0.3) is 6.08 Å². The minimum absolute atomic E-state index is 0.0404. The molecule has 1 aromatic heterocycles. The summed E-state index contributed by atoms with van der Waals surface area (Å²) in [6.45, 7) is 4.36. The molecule has 6 heteroatoms. The van der Waals surface area contributed by atoms with Crippen LogP contribution < -0.4 is 0 Å². The lowest BCUT2D eigenvalue weighted by molar-refractivity contribution is -0.124. The van der Waals surface area contributed by atoms with E-state index in [9.17, 15) is 4.79 Å². The molecule has 0 spiro atoms. The summed E-state index contributed by atoms with van der Waals surface area (Å²) in [6, 6.07) is 12.3. The Morgan fingerprint density at radius 3 is 2.57 bits per heavy atom. The molecule has 2 heterocycles. The van der Waals surface area contributed by atoms with Gasteiger partial charge in [0.25, 0.3) is 5.91 Å². The summed E-state index contributed by atoms with van der Waals surface area (Å²) in [5, 5.41) is 1.05. The fourth-order valence-electron chi connectivity index (χ4n) is 3.92. The Morgan fingerprint density at radius 1 is 1.17 bits per heavy atom. The van der Waals surface area contributed by atoms with Crippen molar-refractivity contribution in [1.29, 1.82) is 0 Å². The molecule has 0 atom stereocenters. The molecule has 1 aliphatic carbocycles. The quantitative estimate of drug-likeness (QED) is 0.389. The Morgan fingerprint density at radius 2 is 1.90 bits per heavy atom. The second kappa shape index (κ2) is 9.36. The summed E-state index contributed by atoms with van der Waals surface area (Å²) >= 11 is 7.66. The number of carbonyl (C=O) groups is 1. The molecule has 1 amide bonds. The average Bonchev–Trinajstić information content (AvgIpc) is 3.05. The van der Waals surface area contributed by atoms with Crippen molar-refractivity contribution in [2.75, 3.05) is 0 Å². The van der Waals surface area contributed by atoms with Crippen LogP contribution in [0.2, 0.25) is 5.15 Å². The lowest BCUT2D eigenvalue weighted by Crippen LogP contribution is -2.40. The minimum Gasteiger partial charge on any atom is -0.283 e. The largest absolute Gasteiger partial charge is 0.283 e. The molecule has 2 aliphatic rings. The van der Waals surface area contributed by atoms with Crippen molar-refractivity contribution < 1.29 is 4.79 Å². The maximum Gasteiger partial charge on any atom is 0.267 e. The van der Waals surface area contributed by atoms with Gasteiger partial charge in [-0.2, -0.15) is 0 Å². The van der Waals surface area contributed by atoms with E-state index in [1.165, 1.54) is 23.7 Å². The van der Waals surface area contributed by atoms with E-state index in [2.05, 4.69) is 43.1 Å². The van der Waals surface area contributed by atoms with Crippen molar-refractivity contribution in [3.05, 3.63) is 63.8 Å². The maximum absolute atomic E-state index is 13.4. The molecule has 1 saturated heterocycles. The monoisotopic (exact) mass is 439 g/mol. The van der Waals surface area contributed by atoms with Crippen LogP contribution in [-0.2, 0) is 4.79 Å². The van der Waals surface area contributed by atoms with Crippen LogP contribution in [0.15, 0.2) is 52.5 Å². The van der Waals surface area contributed by atoms with Crippen molar-refractivity contribution in [1.82, 2.24) is 9.88 Å². The van der Waals surface area contributed by atoms with Crippen LogP contribution in [0.4, 0.5) is 5.69 Å².